The third-order valence-corrected chi connectivity index (χ3v) is 4.03. The number of methoxy groups -OCH3 is 1. The van der Waals surface area contributed by atoms with Crippen LogP contribution in [0.5, 0.6) is 5.75 Å². The summed E-state index contributed by atoms with van der Waals surface area (Å²) >= 11 is 6.12. The van der Waals surface area contributed by atoms with Crippen LogP contribution in [0.15, 0.2) is 42.5 Å². The van der Waals surface area contributed by atoms with E-state index < -0.39 is 0 Å². The summed E-state index contributed by atoms with van der Waals surface area (Å²) in [6, 6.07) is 14.7. The van der Waals surface area contributed by atoms with Crippen LogP contribution in [0.4, 0.5) is 0 Å². The van der Waals surface area contributed by atoms with Crippen molar-refractivity contribution in [1.82, 2.24) is 5.32 Å². The molecule has 2 rings (SSSR count). The van der Waals surface area contributed by atoms with Crippen molar-refractivity contribution in [1.29, 1.82) is 0 Å². The van der Waals surface area contributed by atoms with E-state index in [2.05, 4.69) is 49.5 Å². The lowest BCUT2D eigenvalue weighted by Crippen LogP contribution is -2.23. The van der Waals surface area contributed by atoms with Crippen molar-refractivity contribution in [3.8, 4) is 5.75 Å². The maximum Gasteiger partial charge on any atom is 0.137 e. The number of nitrogens with one attached hydrogen (secondary N) is 1. The Bertz CT molecular complexity index is 598. The van der Waals surface area contributed by atoms with E-state index in [-0.39, 0.29) is 6.04 Å². The quantitative estimate of drug-likeness (QED) is 0.845. The number of benzene rings is 2. The zero-order valence-electron chi connectivity index (χ0n) is 12.8. The highest BCUT2D eigenvalue weighted by atomic mass is 35.5. The lowest BCUT2D eigenvalue weighted by Gasteiger charge is -2.20. The first-order valence-electron chi connectivity index (χ1n) is 7.27. The second-order valence-corrected chi connectivity index (χ2v) is 5.54. The van der Waals surface area contributed by atoms with Gasteiger partial charge in [-0.1, -0.05) is 48.9 Å². The van der Waals surface area contributed by atoms with Crippen LogP contribution in [-0.2, 0) is 6.42 Å². The van der Waals surface area contributed by atoms with Crippen LogP contribution in [0.25, 0.3) is 0 Å². The van der Waals surface area contributed by atoms with Gasteiger partial charge in [0.15, 0.2) is 0 Å². The fourth-order valence-electron chi connectivity index (χ4n) is 2.51. The number of hydrogen-bond donors (Lipinski definition) is 1. The number of likely N-dealkylation sites (N-methyl/N-ethyl adjacent to an activating group) is 1. The molecule has 0 fully saturated rings. The van der Waals surface area contributed by atoms with Crippen LogP contribution in [0, 0.1) is 6.92 Å². The molecule has 0 saturated heterocycles. The standard InChI is InChI=1S/C18H22ClNO/c1-4-20-17(11-14-8-6-5-7-13(14)2)15-9-10-16(19)18(12-15)21-3/h5-10,12,17,20H,4,11H2,1-3H3. The third-order valence-electron chi connectivity index (χ3n) is 3.71. The summed E-state index contributed by atoms with van der Waals surface area (Å²) in [5.74, 6) is 0.724. The van der Waals surface area contributed by atoms with Crippen molar-refractivity contribution in [3.05, 3.63) is 64.2 Å². The molecule has 0 aromatic heterocycles. The van der Waals surface area contributed by atoms with Crippen LogP contribution < -0.4 is 10.1 Å². The molecule has 0 radical (unpaired) electrons. The minimum Gasteiger partial charge on any atom is -0.495 e. The molecular formula is C18H22ClNO. The predicted octanol–water partition coefficient (Wildman–Crippen LogP) is 4.55. The first-order valence-corrected chi connectivity index (χ1v) is 7.64. The van der Waals surface area contributed by atoms with Gasteiger partial charge in [0.25, 0.3) is 0 Å². The fraction of sp³-hybridized carbons (Fsp3) is 0.333. The van der Waals surface area contributed by atoms with E-state index in [1.165, 1.54) is 16.7 Å². The van der Waals surface area contributed by atoms with E-state index in [0.29, 0.717) is 5.02 Å². The highest BCUT2D eigenvalue weighted by Gasteiger charge is 2.14. The average Bonchev–Trinajstić information content (AvgIpc) is 2.49. The van der Waals surface area contributed by atoms with Crippen LogP contribution in [-0.4, -0.2) is 13.7 Å². The molecule has 0 spiro atoms. The van der Waals surface area contributed by atoms with Crippen molar-refractivity contribution in [2.45, 2.75) is 26.3 Å². The molecule has 0 aliphatic carbocycles. The summed E-state index contributed by atoms with van der Waals surface area (Å²) in [6.07, 6.45) is 0.950. The molecule has 2 nitrogen and oxygen atoms in total. The minimum absolute atomic E-state index is 0.252. The molecule has 0 aliphatic rings. The summed E-state index contributed by atoms with van der Waals surface area (Å²) < 4.78 is 5.33. The summed E-state index contributed by atoms with van der Waals surface area (Å²) in [5, 5.41) is 4.19. The SMILES string of the molecule is CCNC(Cc1ccccc1C)c1ccc(Cl)c(OC)c1. The Morgan fingerprint density at radius 2 is 1.95 bits per heavy atom. The Kier molecular flexibility index (Phi) is 5.66. The molecule has 2 aromatic carbocycles. The van der Waals surface area contributed by atoms with Crippen molar-refractivity contribution >= 4 is 11.6 Å². The van der Waals surface area contributed by atoms with Crippen molar-refractivity contribution in [3.63, 3.8) is 0 Å². The maximum absolute atomic E-state index is 6.12. The van der Waals surface area contributed by atoms with E-state index in [1.54, 1.807) is 7.11 Å². The third kappa shape index (κ3) is 3.99. The zero-order chi connectivity index (χ0) is 15.2. The van der Waals surface area contributed by atoms with Gasteiger partial charge in [0.2, 0.25) is 0 Å². The van der Waals surface area contributed by atoms with Gasteiger partial charge in [0.05, 0.1) is 12.1 Å². The van der Waals surface area contributed by atoms with Crippen LogP contribution in [0.2, 0.25) is 5.02 Å². The molecule has 0 saturated carbocycles. The van der Waals surface area contributed by atoms with Gasteiger partial charge in [-0.3, -0.25) is 0 Å². The summed E-state index contributed by atoms with van der Waals surface area (Å²) in [5.41, 5.74) is 3.88. The Morgan fingerprint density at radius 1 is 1.19 bits per heavy atom. The molecule has 1 atom stereocenters. The van der Waals surface area contributed by atoms with Gasteiger partial charge in [0, 0.05) is 6.04 Å². The smallest absolute Gasteiger partial charge is 0.137 e. The van der Waals surface area contributed by atoms with E-state index >= 15 is 0 Å². The molecule has 1 unspecified atom stereocenters. The van der Waals surface area contributed by atoms with Crippen LogP contribution in [0.3, 0.4) is 0 Å². The molecule has 0 bridgehead atoms. The lowest BCUT2D eigenvalue weighted by molar-refractivity contribution is 0.413. The van der Waals surface area contributed by atoms with Crippen molar-refractivity contribution in [2.24, 2.45) is 0 Å². The Balaban J connectivity index is 2.28. The normalized spacial score (nSPS) is 12.2. The average molecular weight is 304 g/mol. The van der Waals surface area contributed by atoms with Crippen molar-refractivity contribution in [2.75, 3.05) is 13.7 Å². The van der Waals surface area contributed by atoms with Gasteiger partial charge in [-0.2, -0.15) is 0 Å². The second kappa shape index (κ2) is 7.48. The first-order chi connectivity index (χ1) is 10.2. The van der Waals surface area contributed by atoms with Gasteiger partial charge in [-0.15, -0.1) is 0 Å². The molecule has 21 heavy (non-hydrogen) atoms. The molecule has 0 heterocycles. The molecule has 0 amide bonds. The summed E-state index contributed by atoms with van der Waals surface area (Å²) in [4.78, 5) is 0. The first kappa shape index (κ1) is 15.9. The number of ether oxygens (including phenoxy) is 1. The molecule has 3 heteroatoms. The highest BCUT2D eigenvalue weighted by molar-refractivity contribution is 6.32. The molecule has 0 aliphatic heterocycles. The monoisotopic (exact) mass is 303 g/mol. The van der Waals surface area contributed by atoms with E-state index in [0.717, 1.165) is 18.7 Å². The van der Waals surface area contributed by atoms with Crippen LogP contribution >= 0.6 is 11.6 Å². The van der Waals surface area contributed by atoms with E-state index in [9.17, 15) is 0 Å². The Hall–Kier alpha value is -1.51. The Labute approximate surface area is 132 Å². The predicted molar refractivity (Wildman–Crippen MR) is 89.3 cm³/mol. The molecule has 2 aromatic rings. The van der Waals surface area contributed by atoms with Gasteiger partial charge in [-0.05, 0) is 48.7 Å². The highest BCUT2D eigenvalue weighted by Crippen LogP contribution is 2.29. The van der Waals surface area contributed by atoms with Gasteiger partial charge in [0.1, 0.15) is 5.75 Å². The topological polar surface area (TPSA) is 21.3 Å². The molecule has 1 N–H and O–H groups in total. The molecular weight excluding hydrogens is 282 g/mol. The van der Waals surface area contributed by atoms with Gasteiger partial charge < -0.3 is 10.1 Å². The lowest BCUT2D eigenvalue weighted by atomic mass is 9.96. The number of hydrogen-bond acceptors (Lipinski definition) is 2. The summed E-state index contributed by atoms with van der Waals surface area (Å²) in [7, 11) is 1.65. The number of rotatable bonds is 6. The molecule has 112 valence electrons. The second-order valence-electron chi connectivity index (χ2n) is 5.13. The summed E-state index contributed by atoms with van der Waals surface area (Å²) in [6.45, 7) is 5.19. The van der Waals surface area contributed by atoms with E-state index in [4.69, 9.17) is 16.3 Å². The van der Waals surface area contributed by atoms with Crippen molar-refractivity contribution < 1.29 is 4.74 Å². The van der Waals surface area contributed by atoms with Gasteiger partial charge in [-0.25, -0.2) is 0 Å². The minimum atomic E-state index is 0.252. The van der Waals surface area contributed by atoms with Gasteiger partial charge >= 0.3 is 0 Å². The van der Waals surface area contributed by atoms with Crippen LogP contribution in [0.1, 0.15) is 29.7 Å². The number of aryl methyl sites for hydroxylation is 1. The van der Waals surface area contributed by atoms with E-state index in [1.807, 2.05) is 12.1 Å². The number of halogens is 1. The Morgan fingerprint density at radius 3 is 2.62 bits per heavy atom. The maximum atomic E-state index is 6.12. The zero-order valence-corrected chi connectivity index (χ0v) is 13.6. The largest absolute Gasteiger partial charge is 0.495 e. The fourth-order valence-corrected chi connectivity index (χ4v) is 2.70.